The Labute approximate surface area is 162 Å². The van der Waals surface area contributed by atoms with Gasteiger partial charge < -0.3 is 16.0 Å². The zero-order valence-electron chi connectivity index (χ0n) is 14.9. The van der Waals surface area contributed by atoms with Crippen molar-refractivity contribution >= 4 is 47.6 Å². The van der Waals surface area contributed by atoms with Crippen molar-refractivity contribution in [3.8, 4) is 0 Å². The van der Waals surface area contributed by atoms with Crippen molar-refractivity contribution in [3.63, 3.8) is 0 Å². The molecule has 5 nitrogen and oxygen atoms in total. The average Bonchev–Trinajstić information content (AvgIpc) is 2.50. The zero-order valence-corrected chi connectivity index (χ0v) is 18.0. The topological polar surface area (TPSA) is 65.5 Å². The lowest BCUT2D eigenvalue weighted by Crippen LogP contribution is -2.47. The third-order valence-electron chi connectivity index (χ3n) is 3.86. The lowest BCUT2D eigenvalue weighted by Gasteiger charge is -2.30. The maximum absolute atomic E-state index is 12.2. The first-order chi connectivity index (χ1) is 10.6. The molecule has 23 heavy (non-hydrogen) atoms. The van der Waals surface area contributed by atoms with Crippen molar-refractivity contribution in [2.24, 2.45) is 10.9 Å². The van der Waals surface area contributed by atoms with Gasteiger partial charge >= 0.3 is 0 Å². The molecule has 1 saturated carbocycles. The van der Waals surface area contributed by atoms with Crippen molar-refractivity contribution in [1.82, 2.24) is 16.0 Å². The maximum atomic E-state index is 12.2. The molecule has 0 heterocycles. The van der Waals surface area contributed by atoms with Crippen LogP contribution in [0.4, 0.5) is 0 Å². The van der Waals surface area contributed by atoms with Crippen LogP contribution in [0.25, 0.3) is 0 Å². The SMILES string of the molecule is CN=C(NCCCSC)NC1CCCC(C(=O)NC(C)C)C1.I. The smallest absolute Gasteiger partial charge is 0.223 e. The van der Waals surface area contributed by atoms with Crippen LogP contribution in [0.1, 0.15) is 46.0 Å². The molecule has 1 aliphatic rings. The van der Waals surface area contributed by atoms with Crippen LogP contribution in [-0.2, 0) is 4.79 Å². The number of thioether (sulfide) groups is 1. The number of aliphatic imine (C=N–C) groups is 1. The van der Waals surface area contributed by atoms with Gasteiger partial charge in [0.1, 0.15) is 0 Å². The quantitative estimate of drug-likeness (QED) is 0.239. The fourth-order valence-corrected chi connectivity index (χ4v) is 3.21. The van der Waals surface area contributed by atoms with Gasteiger partial charge in [0.2, 0.25) is 5.91 Å². The monoisotopic (exact) mass is 456 g/mol. The van der Waals surface area contributed by atoms with E-state index in [2.05, 4.69) is 27.2 Å². The minimum Gasteiger partial charge on any atom is -0.356 e. The minimum absolute atomic E-state index is 0. The molecule has 0 aromatic rings. The molecule has 1 fully saturated rings. The highest BCUT2D eigenvalue weighted by molar-refractivity contribution is 14.0. The van der Waals surface area contributed by atoms with Gasteiger partial charge in [-0.15, -0.1) is 24.0 Å². The highest BCUT2D eigenvalue weighted by Crippen LogP contribution is 2.24. The van der Waals surface area contributed by atoms with E-state index in [9.17, 15) is 4.79 Å². The van der Waals surface area contributed by atoms with E-state index in [0.717, 1.165) is 50.4 Å². The molecule has 136 valence electrons. The number of carbonyl (C=O) groups excluding carboxylic acids is 1. The molecule has 7 heteroatoms. The first kappa shape index (κ1) is 22.8. The van der Waals surface area contributed by atoms with Gasteiger partial charge in [0.15, 0.2) is 5.96 Å². The van der Waals surface area contributed by atoms with E-state index in [-0.39, 0.29) is 41.8 Å². The highest BCUT2D eigenvalue weighted by atomic mass is 127. The third-order valence-corrected chi connectivity index (χ3v) is 4.55. The Kier molecular flexibility index (Phi) is 13.0. The summed E-state index contributed by atoms with van der Waals surface area (Å²) in [4.78, 5) is 16.5. The zero-order chi connectivity index (χ0) is 16.4. The largest absolute Gasteiger partial charge is 0.356 e. The van der Waals surface area contributed by atoms with E-state index in [1.165, 1.54) is 0 Å². The van der Waals surface area contributed by atoms with Gasteiger partial charge in [-0.05, 0) is 51.5 Å². The van der Waals surface area contributed by atoms with Crippen LogP contribution in [0.15, 0.2) is 4.99 Å². The number of rotatable bonds is 7. The lowest BCUT2D eigenvalue weighted by molar-refractivity contribution is -0.126. The molecule has 3 N–H and O–H groups in total. The highest BCUT2D eigenvalue weighted by Gasteiger charge is 2.27. The summed E-state index contributed by atoms with van der Waals surface area (Å²) in [6, 6.07) is 0.551. The number of hydrogen-bond donors (Lipinski definition) is 3. The molecule has 2 unspecified atom stereocenters. The fraction of sp³-hybridized carbons (Fsp3) is 0.875. The summed E-state index contributed by atoms with van der Waals surface area (Å²) in [6.45, 7) is 4.96. The molecular weight excluding hydrogens is 423 g/mol. The van der Waals surface area contributed by atoms with Crippen LogP contribution in [-0.4, -0.2) is 49.6 Å². The third kappa shape index (κ3) is 9.64. The van der Waals surface area contributed by atoms with Gasteiger partial charge in [-0.2, -0.15) is 11.8 Å². The number of halogens is 1. The summed E-state index contributed by atoms with van der Waals surface area (Å²) in [5, 5.41) is 9.86. The van der Waals surface area contributed by atoms with Crippen LogP contribution in [0.3, 0.4) is 0 Å². The number of nitrogens with zero attached hydrogens (tertiary/aromatic N) is 1. The van der Waals surface area contributed by atoms with Gasteiger partial charge in [-0.25, -0.2) is 0 Å². The minimum atomic E-state index is 0. The van der Waals surface area contributed by atoms with Crippen LogP contribution in [0, 0.1) is 5.92 Å². The predicted octanol–water partition coefficient (Wildman–Crippen LogP) is 2.61. The molecule has 1 amide bonds. The molecule has 0 aliphatic heterocycles. The Bertz CT molecular complexity index is 366. The van der Waals surface area contributed by atoms with E-state index in [1.807, 2.05) is 25.6 Å². The number of nitrogens with one attached hydrogen (secondary N) is 3. The predicted molar refractivity (Wildman–Crippen MR) is 112 cm³/mol. The van der Waals surface area contributed by atoms with Gasteiger partial charge in [-0.3, -0.25) is 9.79 Å². The van der Waals surface area contributed by atoms with Crippen LogP contribution < -0.4 is 16.0 Å². The molecule has 0 spiro atoms. The van der Waals surface area contributed by atoms with E-state index >= 15 is 0 Å². The summed E-state index contributed by atoms with van der Waals surface area (Å²) >= 11 is 1.86. The van der Waals surface area contributed by atoms with Crippen molar-refractivity contribution in [2.45, 2.75) is 58.0 Å². The fourth-order valence-electron chi connectivity index (χ4n) is 2.77. The summed E-state index contributed by atoms with van der Waals surface area (Å²) in [6.07, 6.45) is 7.35. The van der Waals surface area contributed by atoms with Gasteiger partial charge in [0.05, 0.1) is 0 Å². The summed E-state index contributed by atoms with van der Waals surface area (Å²) < 4.78 is 0. The molecule has 0 aromatic carbocycles. The van der Waals surface area contributed by atoms with Crippen molar-refractivity contribution in [3.05, 3.63) is 0 Å². The summed E-state index contributed by atoms with van der Waals surface area (Å²) in [5.41, 5.74) is 0. The second-order valence-corrected chi connectivity index (χ2v) is 7.20. The molecule has 2 atom stereocenters. The van der Waals surface area contributed by atoms with Crippen LogP contribution in [0.2, 0.25) is 0 Å². The second-order valence-electron chi connectivity index (χ2n) is 6.21. The van der Waals surface area contributed by atoms with E-state index in [0.29, 0.717) is 6.04 Å². The number of guanidine groups is 1. The second kappa shape index (κ2) is 13.1. The van der Waals surface area contributed by atoms with E-state index in [1.54, 1.807) is 7.05 Å². The van der Waals surface area contributed by atoms with Crippen LogP contribution >= 0.6 is 35.7 Å². The molecular formula is C16H33IN4OS. The number of hydrogen-bond acceptors (Lipinski definition) is 3. The molecule has 1 aliphatic carbocycles. The number of carbonyl (C=O) groups is 1. The standard InChI is InChI=1S/C16H32N4OS.HI/c1-12(2)19-15(21)13-7-5-8-14(11-13)20-16(17-3)18-9-6-10-22-4;/h12-14H,5-11H2,1-4H3,(H,19,21)(H2,17,18,20);1H. The van der Waals surface area contributed by atoms with Gasteiger partial charge in [0, 0.05) is 31.6 Å². The van der Waals surface area contributed by atoms with E-state index < -0.39 is 0 Å². The van der Waals surface area contributed by atoms with Crippen molar-refractivity contribution in [1.29, 1.82) is 0 Å². The Morgan fingerprint density at radius 1 is 1.35 bits per heavy atom. The Morgan fingerprint density at radius 3 is 2.70 bits per heavy atom. The molecule has 0 aromatic heterocycles. The van der Waals surface area contributed by atoms with E-state index in [4.69, 9.17) is 0 Å². The van der Waals surface area contributed by atoms with Gasteiger partial charge in [-0.1, -0.05) is 6.42 Å². The normalized spacial score (nSPS) is 21.5. The Hall–Kier alpha value is -0.180. The molecule has 0 radical (unpaired) electrons. The number of amides is 1. The van der Waals surface area contributed by atoms with Crippen molar-refractivity contribution < 1.29 is 4.79 Å². The van der Waals surface area contributed by atoms with Crippen LogP contribution in [0.5, 0.6) is 0 Å². The van der Waals surface area contributed by atoms with Gasteiger partial charge in [0.25, 0.3) is 0 Å². The maximum Gasteiger partial charge on any atom is 0.223 e. The molecule has 0 saturated heterocycles. The molecule has 0 bridgehead atoms. The Balaban J connectivity index is 0.00000484. The van der Waals surface area contributed by atoms with Crippen molar-refractivity contribution in [2.75, 3.05) is 25.6 Å². The first-order valence-electron chi connectivity index (χ1n) is 8.33. The lowest BCUT2D eigenvalue weighted by atomic mass is 9.85. The first-order valence-corrected chi connectivity index (χ1v) is 9.72. The average molecular weight is 456 g/mol. The summed E-state index contributed by atoms with van der Waals surface area (Å²) in [7, 11) is 1.80. The molecule has 1 rings (SSSR count). The Morgan fingerprint density at radius 2 is 2.09 bits per heavy atom. The summed E-state index contributed by atoms with van der Waals surface area (Å²) in [5.74, 6) is 2.34.